The van der Waals surface area contributed by atoms with Gasteiger partial charge in [-0.1, -0.05) is 109 Å². The van der Waals surface area contributed by atoms with Gasteiger partial charge < -0.3 is 0 Å². The Kier molecular flexibility index (Phi) is 5.04. The highest BCUT2D eigenvalue weighted by Gasteiger charge is 2.14. The third-order valence-corrected chi connectivity index (χ3v) is 8.55. The third-order valence-electron chi connectivity index (χ3n) is 7.47. The predicted molar refractivity (Wildman–Crippen MR) is 166 cm³/mol. The van der Waals surface area contributed by atoms with Crippen molar-refractivity contribution < 1.29 is 0 Å². The Hall–Kier alpha value is -4.86. The molecule has 0 saturated heterocycles. The molecular weight excluding hydrogens is 492 g/mol. The molecule has 2 nitrogen and oxygen atoms in total. The lowest BCUT2D eigenvalue weighted by Gasteiger charge is -2.13. The summed E-state index contributed by atoms with van der Waals surface area (Å²) in [7, 11) is 0. The Balaban J connectivity index is 1.30. The highest BCUT2D eigenvalue weighted by atomic mass is 32.1. The fraction of sp³-hybridized carbons (Fsp3) is 0. The zero-order valence-corrected chi connectivity index (χ0v) is 21.8. The number of nitrogens with zero attached hydrogens (tertiary/aromatic N) is 2. The number of pyridine rings is 1. The summed E-state index contributed by atoms with van der Waals surface area (Å²) in [5.74, 6) is 0. The quantitative estimate of drug-likeness (QED) is 0.219. The van der Waals surface area contributed by atoms with E-state index in [0.717, 1.165) is 44.0 Å². The molecule has 0 amide bonds. The van der Waals surface area contributed by atoms with Gasteiger partial charge in [0.2, 0.25) is 0 Å². The number of thiazole rings is 1. The first-order valence-corrected chi connectivity index (χ1v) is 13.9. The number of hydrogen-bond acceptors (Lipinski definition) is 3. The van der Waals surface area contributed by atoms with Crippen LogP contribution in [0.1, 0.15) is 0 Å². The van der Waals surface area contributed by atoms with Crippen LogP contribution in [0.2, 0.25) is 0 Å². The molecular formula is C36H22N2S. The topological polar surface area (TPSA) is 25.8 Å². The van der Waals surface area contributed by atoms with Crippen molar-refractivity contribution in [3.05, 3.63) is 133 Å². The van der Waals surface area contributed by atoms with Gasteiger partial charge in [0.05, 0.1) is 21.4 Å². The second-order valence-electron chi connectivity index (χ2n) is 9.84. The van der Waals surface area contributed by atoms with Crippen molar-refractivity contribution in [2.24, 2.45) is 0 Å². The summed E-state index contributed by atoms with van der Waals surface area (Å²) < 4.78 is 1.20. The van der Waals surface area contributed by atoms with Crippen LogP contribution in [0, 0.1) is 0 Å². The lowest BCUT2D eigenvalue weighted by Crippen LogP contribution is -1.91. The Morgan fingerprint density at radius 3 is 2.10 bits per heavy atom. The van der Waals surface area contributed by atoms with Gasteiger partial charge in [-0.3, -0.25) is 0 Å². The van der Waals surface area contributed by atoms with E-state index in [1.165, 1.54) is 31.6 Å². The molecule has 0 bridgehead atoms. The predicted octanol–water partition coefficient (Wildman–Crippen LogP) is 10.2. The van der Waals surface area contributed by atoms with Gasteiger partial charge in [0.1, 0.15) is 5.01 Å². The fourth-order valence-corrected chi connectivity index (χ4v) is 6.55. The molecule has 8 aromatic rings. The van der Waals surface area contributed by atoms with E-state index in [1.807, 2.05) is 6.07 Å². The van der Waals surface area contributed by atoms with Gasteiger partial charge in [0, 0.05) is 27.3 Å². The van der Waals surface area contributed by atoms with E-state index in [4.69, 9.17) is 9.97 Å². The Bertz CT molecular complexity index is 2160. The second kappa shape index (κ2) is 8.87. The molecule has 0 fully saturated rings. The maximum Gasteiger partial charge on any atom is 0.124 e. The lowest BCUT2D eigenvalue weighted by molar-refractivity contribution is 1.43. The Labute approximate surface area is 229 Å². The molecule has 0 radical (unpaired) electrons. The zero-order chi connectivity index (χ0) is 25.8. The fourth-order valence-electron chi connectivity index (χ4n) is 5.60. The summed E-state index contributed by atoms with van der Waals surface area (Å²) in [6.07, 6.45) is 0. The monoisotopic (exact) mass is 514 g/mol. The van der Waals surface area contributed by atoms with Crippen molar-refractivity contribution in [1.29, 1.82) is 0 Å². The van der Waals surface area contributed by atoms with Crippen molar-refractivity contribution in [1.82, 2.24) is 9.97 Å². The summed E-state index contributed by atoms with van der Waals surface area (Å²) in [6, 6.07) is 47.3. The summed E-state index contributed by atoms with van der Waals surface area (Å²) in [4.78, 5) is 10.2. The van der Waals surface area contributed by atoms with E-state index in [2.05, 4.69) is 127 Å². The van der Waals surface area contributed by atoms with Crippen LogP contribution in [-0.4, -0.2) is 9.97 Å². The van der Waals surface area contributed by atoms with E-state index in [-0.39, 0.29) is 0 Å². The number of para-hydroxylation sites is 1. The first-order chi connectivity index (χ1) is 19.3. The van der Waals surface area contributed by atoms with Crippen molar-refractivity contribution in [3.63, 3.8) is 0 Å². The lowest BCUT2D eigenvalue weighted by atomic mass is 9.94. The van der Waals surface area contributed by atoms with Gasteiger partial charge in [0.15, 0.2) is 0 Å². The van der Waals surface area contributed by atoms with E-state index < -0.39 is 0 Å². The molecule has 2 aromatic heterocycles. The molecule has 0 unspecified atom stereocenters. The summed E-state index contributed by atoms with van der Waals surface area (Å²) in [5, 5.41) is 7.17. The van der Waals surface area contributed by atoms with Crippen LogP contribution in [0.5, 0.6) is 0 Å². The normalized spacial score (nSPS) is 11.6. The zero-order valence-electron chi connectivity index (χ0n) is 21.0. The van der Waals surface area contributed by atoms with E-state index in [9.17, 15) is 0 Å². The van der Waals surface area contributed by atoms with Gasteiger partial charge in [-0.25, -0.2) is 9.97 Å². The molecule has 6 aromatic carbocycles. The highest BCUT2D eigenvalue weighted by Crippen LogP contribution is 2.38. The number of rotatable bonds is 3. The van der Waals surface area contributed by atoms with Gasteiger partial charge in [-0.2, -0.15) is 0 Å². The molecule has 0 spiro atoms. The van der Waals surface area contributed by atoms with Crippen LogP contribution in [0.15, 0.2) is 133 Å². The average molecular weight is 515 g/mol. The maximum atomic E-state index is 5.19. The highest BCUT2D eigenvalue weighted by molar-refractivity contribution is 7.21. The Morgan fingerprint density at radius 1 is 0.436 bits per heavy atom. The van der Waals surface area contributed by atoms with Gasteiger partial charge in [-0.15, -0.1) is 11.3 Å². The van der Waals surface area contributed by atoms with Crippen LogP contribution in [0.3, 0.4) is 0 Å². The van der Waals surface area contributed by atoms with Crippen LogP contribution in [-0.2, 0) is 0 Å². The minimum Gasteiger partial charge on any atom is -0.247 e. The van der Waals surface area contributed by atoms with E-state index in [1.54, 1.807) is 11.3 Å². The molecule has 0 aliphatic carbocycles. The maximum absolute atomic E-state index is 5.19. The molecule has 0 atom stereocenters. The number of benzene rings is 6. The molecule has 182 valence electrons. The molecule has 8 rings (SSSR count). The van der Waals surface area contributed by atoms with Gasteiger partial charge >= 0.3 is 0 Å². The van der Waals surface area contributed by atoms with Crippen molar-refractivity contribution in [2.45, 2.75) is 0 Å². The van der Waals surface area contributed by atoms with E-state index in [0.29, 0.717) is 0 Å². The van der Waals surface area contributed by atoms with Crippen molar-refractivity contribution in [3.8, 4) is 33.0 Å². The minimum atomic E-state index is 1.01. The molecule has 0 aliphatic heterocycles. The standard InChI is InChI=1S/C36H22N2S/c1-2-10-24(11-3-1)36-38-32-22-26(18-20-33(32)39-36)25-12-8-13-27(21-25)35-30-19-17-23-9-4-5-14-28(23)34(30)29-15-6-7-16-31(29)37-35/h1-22H. The molecule has 0 N–H and O–H groups in total. The van der Waals surface area contributed by atoms with Crippen LogP contribution in [0.25, 0.3) is 75.6 Å². The van der Waals surface area contributed by atoms with E-state index >= 15 is 0 Å². The van der Waals surface area contributed by atoms with Gasteiger partial charge in [0.25, 0.3) is 0 Å². The van der Waals surface area contributed by atoms with Gasteiger partial charge in [-0.05, 0) is 46.2 Å². The summed E-state index contributed by atoms with van der Waals surface area (Å²) >= 11 is 1.74. The average Bonchev–Trinajstić information content (AvgIpc) is 3.44. The summed E-state index contributed by atoms with van der Waals surface area (Å²) in [5.41, 5.74) is 7.64. The molecule has 2 heterocycles. The smallest absolute Gasteiger partial charge is 0.124 e. The third kappa shape index (κ3) is 3.70. The minimum absolute atomic E-state index is 1.01. The first kappa shape index (κ1) is 22.2. The number of hydrogen-bond donors (Lipinski definition) is 0. The summed E-state index contributed by atoms with van der Waals surface area (Å²) in [6.45, 7) is 0. The molecule has 0 saturated carbocycles. The molecule has 39 heavy (non-hydrogen) atoms. The molecule has 3 heteroatoms. The van der Waals surface area contributed by atoms with Crippen LogP contribution < -0.4 is 0 Å². The van der Waals surface area contributed by atoms with Crippen molar-refractivity contribution >= 4 is 54.0 Å². The second-order valence-corrected chi connectivity index (χ2v) is 10.9. The van der Waals surface area contributed by atoms with Crippen molar-refractivity contribution in [2.75, 3.05) is 0 Å². The first-order valence-electron chi connectivity index (χ1n) is 13.1. The number of aromatic nitrogens is 2. The molecule has 0 aliphatic rings. The largest absolute Gasteiger partial charge is 0.247 e. The van der Waals surface area contributed by atoms with Crippen LogP contribution >= 0.6 is 11.3 Å². The van der Waals surface area contributed by atoms with Crippen LogP contribution in [0.4, 0.5) is 0 Å². The SMILES string of the molecule is c1ccc(-c2nc3cc(-c4cccc(-c5nc6ccccc6c6c5ccc5ccccc56)c4)ccc3s2)cc1. The Morgan fingerprint density at radius 2 is 1.18 bits per heavy atom. The number of fused-ring (bicyclic) bond motifs is 6.